The first-order valence-electron chi connectivity index (χ1n) is 4.97. The Morgan fingerprint density at radius 1 is 1.29 bits per heavy atom. The van der Waals surface area contributed by atoms with Gasteiger partial charge in [-0.25, -0.2) is 4.98 Å². The van der Waals surface area contributed by atoms with Crippen LogP contribution in [0.1, 0.15) is 5.56 Å². The third kappa shape index (κ3) is 3.19. The lowest BCUT2D eigenvalue weighted by molar-refractivity contribution is 0.462. The van der Waals surface area contributed by atoms with Gasteiger partial charge in [-0.15, -0.1) is 0 Å². The third-order valence-electron chi connectivity index (χ3n) is 2.14. The first kappa shape index (κ1) is 12.4. The third-order valence-corrected chi connectivity index (χ3v) is 2.95. The number of benzene rings is 1. The number of rotatable bonds is 3. The summed E-state index contributed by atoms with van der Waals surface area (Å²) in [7, 11) is 0. The van der Waals surface area contributed by atoms with Crippen LogP contribution in [0.2, 0.25) is 5.02 Å². The Labute approximate surface area is 113 Å². The predicted molar refractivity (Wildman–Crippen MR) is 71.4 cm³/mol. The number of pyridine rings is 1. The van der Waals surface area contributed by atoms with Crippen molar-refractivity contribution >= 4 is 27.5 Å². The molecule has 0 saturated carbocycles. The summed E-state index contributed by atoms with van der Waals surface area (Å²) in [5.74, 6) is 1.04. The van der Waals surface area contributed by atoms with Crippen molar-refractivity contribution in [2.24, 2.45) is 5.73 Å². The highest BCUT2D eigenvalue weighted by atomic mass is 79.9. The normalized spacial score (nSPS) is 10.3. The van der Waals surface area contributed by atoms with Gasteiger partial charge in [-0.3, -0.25) is 0 Å². The summed E-state index contributed by atoms with van der Waals surface area (Å²) < 4.78 is 6.50. The number of ether oxygens (including phenoxy) is 1. The van der Waals surface area contributed by atoms with Crippen LogP contribution in [-0.4, -0.2) is 4.98 Å². The number of nitrogens with two attached hydrogens (primary N) is 1. The number of hydrogen-bond donors (Lipinski definition) is 1. The molecular formula is C12H10BrClN2O. The van der Waals surface area contributed by atoms with Crippen molar-refractivity contribution < 1.29 is 4.74 Å². The standard InChI is InChI=1S/C12H10BrClN2O/c13-9-1-2-10(14)11(6-9)17-12-5-8(7-15)3-4-16-12/h1-6H,7,15H2. The van der Waals surface area contributed by atoms with E-state index in [4.69, 9.17) is 22.1 Å². The average Bonchev–Trinajstić information content (AvgIpc) is 2.34. The van der Waals surface area contributed by atoms with Gasteiger partial charge in [-0.1, -0.05) is 27.5 Å². The summed E-state index contributed by atoms with van der Waals surface area (Å²) in [6, 6.07) is 9.03. The molecule has 1 heterocycles. The summed E-state index contributed by atoms with van der Waals surface area (Å²) in [5, 5.41) is 0.535. The van der Waals surface area contributed by atoms with Crippen molar-refractivity contribution in [3.05, 3.63) is 51.6 Å². The lowest BCUT2D eigenvalue weighted by Gasteiger charge is -2.07. The fraction of sp³-hybridized carbons (Fsp3) is 0.0833. The molecule has 5 heteroatoms. The van der Waals surface area contributed by atoms with Crippen LogP contribution in [-0.2, 0) is 6.54 Å². The maximum atomic E-state index is 6.02. The highest BCUT2D eigenvalue weighted by Gasteiger charge is 2.05. The number of hydrogen-bond acceptors (Lipinski definition) is 3. The molecule has 0 atom stereocenters. The van der Waals surface area contributed by atoms with Crippen LogP contribution in [0, 0.1) is 0 Å². The second-order valence-corrected chi connectivity index (χ2v) is 4.71. The van der Waals surface area contributed by atoms with Crippen LogP contribution in [0.25, 0.3) is 0 Å². The van der Waals surface area contributed by atoms with E-state index in [0.717, 1.165) is 10.0 Å². The van der Waals surface area contributed by atoms with Gasteiger partial charge in [0.15, 0.2) is 0 Å². The van der Waals surface area contributed by atoms with E-state index in [1.165, 1.54) is 0 Å². The van der Waals surface area contributed by atoms with Gasteiger partial charge >= 0.3 is 0 Å². The van der Waals surface area contributed by atoms with Crippen LogP contribution in [0.15, 0.2) is 41.0 Å². The Bertz CT molecular complexity index is 534. The van der Waals surface area contributed by atoms with E-state index in [2.05, 4.69) is 20.9 Å². The molecule has 0 fully saturated rings. The van der Waals surface area contributed by atoms with Crippen LogP contribution in [0.3, 0.4) is 0 Å². The molecule has 0 unspecified atom stereocenters. The second kappa shape index (κ2) is 5.49. The predicted octanol–water partition coefficient (Wildman–Crippen LogP) is 3.75. The van der Waals surface area contributed by atoms with Crippen LogP contribution >= 0.6 is 27.5 Å². The minimum atomic E-state index is 0.450. The first-order chi connectivity index (χ1) is 8.19. The lowest BCUT2D eigenvalue weighted by atomic mass is 10.3. The molecule has 0 aliphatic heterocycles. The smallest absolute Gasteiger partial charge is 0.219 e. The van der Waals surface area contributed by atoms with Crippen molar-refractivity contribution in [3.8, 4) is 11.6 Å². The van der Waals surface area contributed by atoms with Gasteiger partial charge in [0.2, 0.25) is 5.88 Å². The van der Waals surface area contributed by atoms with Crippen molar-refractivity contribution in [2.45, 2.75) is 6.54 Å². The topological polar surface area (TPSA) is 48.1 Å². The fourth-order valence-electron chi connectivity index (χ4n) is 1.30. The van der Waals surface area contributed by atoms with Crippen molar-refractivity contribution in [2.75, 3.05) is 0 Å². The SMILES string of the molecule is NCc1ccnc(Oc2cc(Br)ccc2Cl)c1. The van der Waals surface area contributed by atoms with Gasteiger partial charge in [0, 0.05) is 23.3 Å². The molecular weight excluding hydrogens is 304 g/mol. The Hall–Kier alpha value is -1.10. The van der Waals surface area contributed by atoms with Gasteiger partial charge in [-0.2, -0.15) is 0 Å². The van der Waals surface area contributed by atoms with Crippen LogP contribution < -0.4 is 10.5 Å². The highest BCUT2D eigenvalue weighted by Crippen LogP contribution is 2.31. The van der Waals surface area contributed by atoms with Gasteiger partial charge < -0.3 is 10.5 Å². The van der Waals surface area contributed by atoms with Crippen molar-refractivity contribution in [3.63, 3.8) is 0 Å². The summed E-state index contributed by atoms with van der Waals surface area (Å²) in [4.78, 5) is 4.10. The molecule has 0 saturated heterocycles. The van der Waals surface area contributed by atoms with Crippen LogP contribution in [0.4, 0.5) is 0 Å². The van der Waals surface area contributed by atoms with Gasteiger partial charge in [-0.05, 0) is 29.8 Å². The zero-order valence-electron chi connectivity index (χ0n) is 8.86. The number of halogens is 2. The van der Waals surface area contributed by atoms with Gasteiger partial charge in [0.25, 0.3) is 0 Å². The largest absolute Gasteiger partial charge is 0.437 e. The summed E-state index contributed by atoms with van der Waals surface area (Å²) in [6.45, 7) is 0.450. The minimum absolute atomic E-state index is 0.450. The molecule has 88 valence electrons. The molecule has 1 aromatic heterocycles. The summed E-state index contributed by atoms with van der Waals surface area (Å²) >= 11 is 9.38. The van der Waals surface area contributed by atoms with E-state index in [0.29, 0.717) is 23.2 Å². The molecule has 2 rings (SSSR count). The molecule has 0 aliphatic rings. The number of nitrogens with zero attached hydrogens (tertiary/aromatic N) is 1. The number of aromatic nitrogens is 1. The van der Waals surface area contributed by atoms with Crippen LogP contribution in [0.5, 0.6) is 11.6 Å². The fourth-order valence-corrected chi connectivity index (χ4v) is 1.80. The average molecular weight is 314 g/mol. The van der Waals surface area contributed by atoms with E-state index >= 15 is 0 Å². The maximum absolute atomic E-state index is 6.02. The lowest BCUT2D eigenvalue weighted by Crippen LogP contribution is -1.97. The highest BCUT2D eigenvalue weighted by molar-refractivity contribution is 9.10. The summed E-state index contributed by atoms with van der Waals surface area (Å²) in [5.41, 5.74) is 6.51. The molecule has 0 radical (unpaired) electrons. The minimum Gasteiger partial charge on any atom is -0.437 e. The second-order valence-electron chi connectivity index (χ2n) is 3.38. The maximum Gasteiger partial charge on any atom is 0.219 e. The van der Waals surface area contributed by atoms with E-state index in [9.17, 15) is 0 Å². The molecule has 0 aliphatic carbocycles. The Balaban J connectivity index is 2.27. The van der Waals surface area contributed by atoms with E-state index < -0.39 is 0 Å². The Morgan fingerprint density at radius 2 is 2.12 bits per heavy atom. The van der Waals surface area contributed by atoms with Crippen molar-refractivity contribution in [1.82, 2.24) is 4.98 Å². The van der Waals surface area contributed by atoms with E-state index in [1.807, 2.05) is 12.1 Å². The van der Waals surface area contributed by atoms with Crippen molar-refractivity contribution in [1.29, 1.82) is 0 Å². The van der Waals surface area contributed by atoms with E-state index in [1.54, 1.807) is 24.4 Å². The molecule has 0 amide bonds. The zero-order valence-corrected chi connectivity index (χ0v) is 11.2. The molecule has 0 spiro atoms. The molecule has 1 aromatic carbocycles. The molecule has 0 bridgehead atoms. The van der Waals surface area contributed by atoms with Gasteiger partial charge in [0.05, 0.1) is 5.02 Å². The summed E-state index contributed by atoms with van der Waals surface area (Å²) in [6.07, 6.45) is 1.66. The monoisotopic (exact) mass is 312 g/mol. The Kier molecular flexibility index (Phi) is 3.99. The van der Waals surface area contributed by atoms with Gasteiger partial charge in [0.1, 0.15) is 5.75 Å². The molecule has 3 nitrogen and oxygen atoms in total. The van der Waals surface area contributed by atoms with E-state index in [-0.39, 0.29) is 0 Å². The molecule has 2 aromatic rings. The molecule has 2 N–H and O–H groups in total. The quantitative estimate of drug-likeness (QED) is 0.939. The first-order valence-corrected chi connectivity index (χ1v) is 6.14. The molecule has 17 heavy (non-hydrogen) atoms. The Morgan fingerprint density at radius 3 is 2.88 bits per heavy atom. The zero-order chi connectivity index (χ0) is 12.3.